The fraction of sp³-hybridized carbons (Fsp3) is 0.333. The summed E-state index contributed by atoms with van der Waals surface area (Å²) in [6.45, 7) is 3.93. The van der Waals surface area contributed by atoms with Crippen LogP contribution in [0.2, 0.25) is 5.02 Å². The van der Waals surface area contributed by atoms with Gasteiger partial charge in [-0.15, -0.1) is 0 Å². The van der Waals surface area contributed by atoms with Crippen molar-refractivity contribution in [3.8, 4) is 6.07 Å². The molecule has 0 fully saturated rings. The van der Waals surface area contributed by atoms with Gasteiger partial charge in [-0.25, -0.2) is 4.98 Å². The number of halogens is 1. The summed E-state index contributed by atoms with van der Waals surface area (Å²) >= 11 is 5.88. The van der Waals surface area contributed by atoms with Gasteiger partial charge in [0.05, 0.1) is 5.02 Å². The summed E-state index contributed by atoms with van der Waals surface area (Å²) in [6.07, 6.45) is 0.982. The van der Waals surface area contributed by atoms with Gasteiger partial charge in [-0.3, -0.25) is 4.90 Å². The summed E-state index contributed by atoms with van der Waals surface area (Å²) in [5.74, 6) is 0.684. The minimum atomic E-state index is 0.255. The van der Waals surface area contributed by atoms with Gasteiger partial charge in [0.15, 0.2) is 5.69 Å². The van der Waals surface area contributed by atoms with E-state index in [0.29, 0.717) is 16.9 Å². The molecule has 0 aliphatic carbocycles. The zero-order valence-corrected chi connectivity index (χ0v) is 14.2. The summed E-state index contributed by atoms with van der Waals surface area (Å²) in [7, 11) is 2.13. The number of nitriles is 1. The first kappa shape index (κ1) is 17.3. The van der Waals surface area contributed by atoms with E-state index in [1.54, 1.807) is 12.1 Å². The molecule has 1 aromatic heterocycles. The van der Waals surface area contributed by atoms with Crippen LogP contribution in [0.5, 0.6) is 0 Å². The van der Waals surface area contributed by atoms with Gasteiger partial charge in [0.25, 0.3) is 0 Å². The van der Waals surface area contributed by atoms with Gasteiger partial charge in [0.2, 0.25) is 0 Å². The van der Waals surface area contributed by atoms with Gasteiger partial charge in [-0.05, 0) is 38.1 Å². The van der Waals surface area contributed by atoms with E-state index >= 15 is 0 Å². The molecule has 0 aliphatic rings. The van der Waals surface area contributed by atoms with Crippen LogP contribution in [0, 0.1) is 11.3 Å². The number of nitrogens with one attached hydrogen (secondary N) is 1. The molecule has 1 unspecified atom stereocenters. The molecule has 23 heavy (non-hydrogen) atoms. The lowest BCUT2D eigenvalue weighted by Crippen LogP contribution is -2.30. The number of hydrogen-bond acceptors (Lipinski definition) is 4. The van der Waals surface area contributed by atoms with Crippen LogP contribution in [0.1, 0.15) is 24.6 Å². The predicted octanol–water partition coefficient (Wildman–Crippen LogP) is 3.93. The number of pyridine rings is 1. The first-order valence-electron chi connectivity index (χ1n) is 7.65. The van der Waals surface area contributed by atoms with E-state index in [1.165, 1.54) is 5.56 Å². The second kappa shape index (κ2) is 8.52. The van der Waals surface area contributed by atoms with Crippen LogP contribution in [0.4, 0.5) is 5.82 Å². The van der Waals surface area contributed by atoms with Crippen LogP contribution < -0.4 is 5.32 Å². The van der Waals surface area contributed by atoms with E-state index in [9.17, 15) is 0 Å². The Balaban J connectivity index is 1.80. The third-order valence-corrected chi connectivity index (χ3v) is 4.15. The van der Waals surface area contributed by atoms with Crippen molar-refractivity contribution >= 4 is 17.4 Å². The molecular weight excluding hydrogens is 308 g/mol. The van der Waals surface area contributed by atoms with Gasteiger partial charge in [0, 0.05) is 19.1 Å². The van der Waals surface area contributed by atoms with Gasteiger partial charge >= 0.3 is 0 Å². The Morgan fingerprint density at radius 1 is 1.26 bits per heavy atom. The highest BCUT2D eigenvalue weighted by Crippen LogP contribution is 2.16. The molecule has 5 heteroatoms. The summed E-state index contributed by atoms with van der Waals surface area (Å²) < 4.78 is 0. The lowest BCUT2D eigenvalue weighted by atomic mass is 10.1. The Bertz CT molecular complexity index is 666. The van der Waals surface area contributed by atoms with Crippen molar-refractivity contribution in [3.63, 3.8) is 0 Å². The fourth-order valence-electron chi connectivity index (χ4n) is 2.28. The molecule has 120 valence electrons. The van der Waals surface area contributed by atoms with Gasteiger partial charge < -0.3 is 5.32 Å². The van der Waals surface area contributed by atoms with Crippen LogP contribution in [0.3, 0.4) is 0 Å². The van der Waals surface area contributed by atoms with Crippen molar-refractivity contribution in [3.05, 3.63) is 58.7 Å². The van der Waals surface area contributed by atoms with Gasteiger partial charge in [-0.2, -0.15) is 5.26 Å². The highest BCUT2D eigenvalue weighted by molar-refractivity contribution is 6.31. The van der Waals surface area contributed by atoms with Crippen molar-refractivity contribution in [1.29, 1.82) is 5.26 Å². The summed E-state index contributed by atoms with van der Waals surface area (Å²) in [4.78, 5) is 6.51. The molecule has 0 saturated carbocycles. The molecule has 0 spiro atoms. The molecule has 2 rings (SSSR count). The van der Waals surface area contributed by atoms with Crippen LogP contribution in [0.15, 0.2) is 42.5 Å². The molecule has 0 radical (unpaired) electrons. The average Bonchev–Trinajstić information content (AvgIpc) is 2.57. The Kier molecular flexibility index (Phi) is 6.40. The Hall–Kier alpha value is -2.09. The minimum Gasteiger partial charge on any atom is -0.370 e. The Morgan fingerprint density at radius 3 is 2.70 bits per heavy atom. The number of rotatable bonds is 7. The van der Waals surface area contributed by atoms with Crippen molar-refractivity contribution < 1.29 is 0 Å². The molecule has 1 atom stereocenters. The predicted molar refractivity (Wildman–Crippen MR) is 94.4 cm³/mol. The van der Waals surface area contributed by atoms with Crippen molar-refractivity contribution in [2.75, 3.05) is 18.9 Å². The highest BCUT2D eigenvalue weighted by atomic mass is 35.5. The number of anilines is 1. The third kappa shape index (κ3) is 5.24. The quantitative estimate of drug-likeness (QED) is 0.836. The number of aromatic nitrogens is 1. The molecule has 1 aromatic carbocycles. The lowest BCUT2D eigenvalue weighted by molar-refractivity contribution is 0.242. The SMILES string of the molecule is CC(CCNc1ccc(Cl)c(C#N)n1)N(C)Cc1ccccc1. The largest absolute Gasteiger partial charge is 0.370 e. The molecule has 0 amide bonds. The normalized spacial score (nSPS) is 12.0. The van der Waals surface area contributed by atoms with Gasteiger partial charge in [0.1, 0.15) is 11.9 Å². The fourth-order valence-corrected chi connectivity index (χ4v) is 2.42. The average molecular weight is 329 g/mol. The molecule has 4 nitrogen and oxygen atoms in total. The molecule has 2 aromatic rings. The van der Waals surface area contributed by atoms with Crippen molar-refractivity contribution in [2.45, 2.75) is 25.9 Å². The number of hydrogen-bond donors (Lipinski definition) is 1. The Labute approximate surface area is 142 Å². The van der Waals surface area contributed by atoms with Crippen LogP contribution in [-0.4, -0.2) is 29.5 Å². The maximum absolute atomic E-state index is 8.94. The molecule has 0 bridgehead atoms. The summed E-state index contributed by atoms with van der Waals surface area (Å²) in [5, 5.41) is 12.6. The maximum atomic E-state index is 8.94. The third-order valence-electron chi connectivity index (χ3n) is 3.85. The van der Waals surface area contributed by atoms with Crippen LogP contribution >= 0.6 is 11.6 Å². The topological polar surface area (TPSA) is 52.0 Å². The first-order valence-corrected chi connectivity index (χ1v) is 8.02. The van der Waals surface area contributed by atoms with E-state index in [4.69, 9.17) is 16.9 Å². The minimum absolute atomic E-state index is 0.255. The number of benzene rings is 1. The zero-order valence-electron chi connectivity index (χ0n) is 13.5. The summed E-state index contributed by atoms with van der Waals surface area (Å²) in [5.41, 5.74) is 1.57. The standard InChI is InChI=1S/C18H21ClN4/c1-14(23(2)13-15-6-4-3-5-7-15)10-11-21-18-9-8-16(19)17(12-20)22-18/h3-9,14H,10-11,13H2,1-2H3,(H,21,22). The van der Waals surface area contributed by atoms with Crippen LogP contribution in [-0.2, 0) is 6.54 Å². The molecular formula is C18H21ClN4. The van der Waals surface area contributed by atoms with E-state index in [-0.39, 0.29) is 5.69 Å². The highest BCUT2D eigenvalue weighted by Gasteiger charge is 2.10. The monoisotopic (exact) mass is 328 g/mol. The van der Waals surface area contributed by atoms with E-state index in [1.807, 2.05) is 12.1 Å². The maximum Gasteiger partial charge on any atom is 0.161 e. The molecule has 0 aliphatic heterocycles. The van der Waals surface area contributed by atoms with Crippen molar-refractivity contribution in [2.24, 2.45) is 0 Å². The summed E-state index contributed by atoms with van der Waals surface area (Å²) in [6, 6.07) is 16.4. The van der Waals surface area contributed by atoms with Gasteiger partial charge in [-0.1, -0.05) is 41.9 Å². The number of nitrogens with zero attached hydrogens (tertiary/aromatic N) is 3. The van der Waals surface area contributed by atoms with E-state index < -0.39 is 0 Å². The smallest absolute Gasteiger partial charge is 0.161 e. The first-order chi connectivity index (χ1) is 11.1. The molecule has 0 saturated heterocycles. The van der Waals surface area contributed by atoms with E-state index in [2.05, 4.69) is 53.4 Å². The Morgan fingerprint density at radius 2 is 2.00 bits per heavy atom. The lowest BCUT2D eigenvalue weighted by Gasteiger charge is -2.25. The molecule has 1 heterocycles. The van der Waals surface area contributed by atoms with Crippen molar-refractivity contribution in [1.82, 2.24) is 9.88 Å². The van der Waals surface area contributed by atoms with Crippen LogP contribution in [0.25, 0.3) is 0 Å². The zero-order chi connectivity index (χ0) is 16.7. The molecule has 1 N–H and O–H groups in total. The van der Waals surface area contributed by atoms with E-state index in [0.717, 1.165) is 19.5 Å². The second-order valence-electron chi connectivity index (χ2n) is 5.60. The second-order valence-corrected chi connectivity index (χ2v) is 6.01.